The Labute approximate surface area is 144 Å². The second-order valence-electron chi connectivity index (χ2n) is 5.85. The number of benzene rings is 2. The third kappa shape index (κ3) is 2.58. The van der Waals surface area contributed by atoms with Gasteiger partial charge in [0.25, 0.3) is 5.56 Å². The molecule has 0 aliphatic heterocycles. The Morgan fingerprint density at radius 1 is 1.04 bits per heavy atom. The minimum Gasteiger partial charge on any atom is -0.494 e. The minimum absolute atomic E-state index is 0.0108. The zero-order valence-corrected chi connectivity index (χ0v) is 14.2. The summed E-state index contributed by atoms with van der Waals surface area (Å²) in [6.45, 7) is 5.22. The van der Waals surface area contributed by atoms with Crippen molar-refractivity contribution < 1.29 is 4.74 Å². The van der Waals surface area contributed by atoms with Gasteiger partial charge in [-0.15, -0.1) is 0 Å². The molecular weight excluding hydrogens is 314 g/mol. The summed E-state index contributed by atoms with van der Waals surface area (Å²) in [6, 6.07) is 15.3. The van der Waals surface area contributed by atoms with Crippen molar-refractivity contribution >= 4 is 21.9 Å². The highest BCUT2D eigenvalue weighted by Gasteiger charge is 2.11. The van der Waals surface area contributed by atoms with Crippen molar-refractivity contribution in [1.29, 1.82) is 0 Å². The van der Waals surface area contributed by atoms with Crippen molar-refractivity contribution in [2.24, 2.45) is 0 Å². The molecule has 2 aromatic heterocycles. The molecule has 0 aliphatic carbocycles. The first-order valence-electron chi connectivity index (χ1n) is 8.46. The molecule has 0 saturated carbocycles. The summed E-state index contributed by atoms with van der Waals surface area (Å²) in [6.07, 6.45) is 0. The van der Waals surface area contributed by atoms with E-state index in [1.165, 1.54) is 0 Å². The molecule has 5 heteroatoms. The van der Waals surface area contributed by atoms with Gasteiger partial charge in [-0.3, -0.25) is 4.79 Å². The first-order chi connectivity index (χ1) is 12.2. The molecule has 0 saturated heterocycles. The lowest BCUT2D eigenvalue weighted by molar-refractivity contribution is 0.340. The molecule has 0 spiro atoms. The maximum atomic E-state index is 12.0. The van der Waals surface area contributed by atoms with Crippen LogP contribution >= 0.6 is 0 Å². The molecule has 1 N–H and O–H groups in total. The molecule has 0 atom stereocenters. The Bertz CT molecular complexity index is 1110. The molecule has 4 rings (SSSR count). The van der Waals surface area contributed by atoms with Crippen LogP contribution in [0, 0.1) is 0 Å². The van der Waals surface area contributed by atoms with E-state index < -0.39 is 0 Å². The molecule has 0 bridgehead atoms. The highest BCUT2D eigenvalue weighted by atomic mass is 16.5. The minimum atomic E-state index is 0.0108. The predicted octanol–water partition coefficient (Wildman–Crippen LogP) is 3.96. The fourth-order valence-corrected chi connectivity index (χ4v) is 3.19. The fraction of sp³-hybridized carbons (Fsp3) is 0.200. The second kappa shape index (κ2) is 6.09. The van der Waals surface area contributed by atoms with Crippen LogP contribution in [0.3, 0.4) is 0 Å². The second-order valence-corrected chi connectivity index (χ2v) is 5.85. The van der Waals surface area contributed by atoms with Crippen LogP contribution < -0.4 is 10.3 Å². The lowest BCUT2D eigenvalue weighted by Gasteiger charge is -2.07. The number of hydrogen-bond acceptors (Lipinski definition) is 3. The molecule has 2 heterocycles. The molecule has 25 heavy (non-hydrogen) atoms. The van der Waals surface area contributed by atoms with Crippen molar-refractivity contribution in [2.75, 3.05) is 6.61 Å². The van der Waals surface area contributed by atoms with Gasteiger partial charge in [-0.1, -0.05) is 0 Å². The summed E-state index contributed by atoms with van der Waals surface area (Å²) in [5.74, 6) is 1.65. The van der Waals surface area contributed by atoms with Crippen LogP contribution in [-0.2, 0) is 6.54 Å². The van der Waals surface area contributed by atoms with E-state index in [1.807, 2.05) is 56.3 Å². The predicted molar refractivity (Wildman–Crippen MR) is 100 cm³/mol. The highest BCUT2D eigenvalue weighted by molar-refractivity contribution is 6.03. The number of aromatic nitrogens is 3. The van der Waals surface area contributed by atoms with Crippen LogP contribution in [-0.4, -0.2) is 21.1 Å². The summed E-state index contributed by atoms with van der Waals surface area (Å²) >= 11 is 0. The SMILES string of the molecule is CCOc1ccc(-c2nc3c(ccc4c3ccc(=O)n4CC)[nH]2)cc1. The number of imidazole rings is 1. The number of pyridine rings is 1. The van der Waals surface area contributed by atoms with Gasteiger partial charge in [0.1, 0.15) is 11.6 Å². The van der Waals surface area contributed by atoms with Crippen molar-refractivity contribution in [3.05, 3.63) is 58.9 Å². The lowest BCUT2D eigenvalue weighted by Crippen LogP contribution is -2.17. The third-order valence-electron chi connectivity index (χ3n) is 4.38. The highest BCUT2D eigenvalue weighted by Crippen LogP contribution is 2.27. The molecule has 0 unspecified atom stereocenters. The van der Waals surface area contributed by atoms with Crippen LogP contribution in [0.25, 0.3) is 33.3 Å². The smallest absolute Gasteiger partial charge is 0.251 e. The summed E-state index contributed by atoms with van der Waals surface area (Å²) in [5.41, 5.74) is 3.75. The van der Waals surface area contributed by atoms with Crippen LogP contribution in [0.1, 0.15) is 13.8 Å². The third-order valence-corrected chi connectivity index (χ3v) is 4.38. The Balaban J connectivity index is 1.87. The largest absolute Gasteiger partial charge is 0.494 e. The van der Waals surface area contributed by atoms with Gasteiger partial charge in [0, 0.05) is 23.6 Å². The Hall–Kier alpha value is -3.08. The van der Waals surface area contributed by atoms with Gasteiger partial charge in [-0.2, -0.15) is 0 Å². The van der Waals surface area contributed by atoms with Gasteiger partial charge >= 0.3 is 0 Å². The van der Waals surface area contributed by atoms with Crippen molar-refractivity contribution in [2.45, 2.75) is 20.4 Å². The Morgan fingerprint density at radius 3 is 2.56 bits per heavy atom. The molecule has 5 nitrogen and oxygen atoms in total. The summed E-state index contributed by atoms with van der Waals surface area (Å²) in [4.78, 5) is 20.2. The Kier molecular flexibility index (Phi) is 3.76. The normalized spacial score (nSPS) is 11.3. The molecule has 0 amide bonds. The van der Waals surface area contributed by atoms with E-state index in [-0.39, 0.29) is 5.56 Å². The monoisotopic (exact) mass is 333 g/mol. The molecule has 2 aromatic carbocycles. The zero-order valence-electron chi connectivity index (χ0n) is 14.2. The quantitative estimate of drug-likeness (QED) is 0.615. The molecule has 4 aromatic rings. The van der Waals surface area contributed by atoms with Gasteiger partial charge in [-0.25, -0.2) is 4.98 Å². The van der Waals surface area contributed by atoms with E-state index in [2.05, 4.69) is 4.98 Å². The molecule has 0 fully saturated rings. The average Bonchev–Trinajstić information content (AvgIpc) is 3.07. The van der Waals surface area contributed by atoms with Crippen LogP contribution in [0.4, 0.5) is 0 Å². The number of aromatic amines is 1. The van der Waals surface area contributed by atoms with Crippen LogP contribution in [0.5, 0.6) is 5.75 Å². The fourth-order valence-electron chi connectivity index (χ4n) is 3.19. The number of aryl methyl sites for hydroxylation is 1. The van der Waals surface area contributed by atoms with E-state index in [1.54, 1.807) is 10.6 Å². The number of fused-ring (bicyclic) bond motifs is 3. The van der Waals surface area contributed by atoms with E-state index in [9.17, 15) is 4.79 Å². The topological polar surface area (TPSA) is 59.9 Å². The van der Waals surface area contributed by atoms with Gasteiger partial charge in [0.05, 0.1) is 23.2 Å². The lowest BCUT2D eigenvalue weighted by atomic mass is 10.2. The number of hydrogen-bond donors (Lipinski definition) is 1. The number of H-pyrrole nitrogens is 1. The summed E-state index contributed by atoms with van der Waals surface area (Å²) in [5, 5.41) is 0.979. The number of nitrogens with one attached hydrogen (secondary N) is 1. The number of rotatable bonds is 4. The maximum absolute atomic E-state index is 12.0. The standard InChI is InChI=1S/C20H19N3O2/c1-3-23-17-11-10-16-19(15(17)9-12-18(23)24)22-20(21-16)13-5-7-14(8-6-13)25-4-2/h5-12H,3-4H2,1-2H3,(H,21,22). The van der Waals surface area contributed by atoms with Crippen LogP contribution in [0.15, 0.2) is 53.3 Å². The van der Waals surface area contributed by atoms with E-state index in [4.69, 9.17) is 9.72 Å². The van der Waals surface area contributed by atoms with Gasteiger partial charge in [0.2, 0.25) is 0 Å². The summed E-state index contributed by atoms with van der Waals surface area (Å²) in [7, 11) is 0. The first-order valence-corrected chi connectivity index (χ1v) is 8.46. The van der Waals surface area contributed by atoms with Gasteiger partial charge in [-0.05, 0) is 56.3 Å². The van der Waals surface area contributed by atoms with Crippen molar-refractivity contribution in [3.8, 4) is 17.1 Å². The first kappa shape index (κ1) is 15.4. The molecular formula is C20H19N3O2. The maximum Gasteiger partial charge on any atom is 0.251 e. The van der Waals surface area contributed by atoms with Gasteiger partial charge in [0.15, 0.2) is 0 Å². The van der Waals surface area contributed by atoms with E-state index in [0.717, 1.165) is 39.1 Å². The average molecular weight is 333 g/mol. The molecule has 0 radical (unpaired) electrons. The van der Waals surface area contributed by atoms with Gasteiger partial charge < -0.3 is 14.3 Å². The Morgan fingerprint density at radius 2 is 1.84 bits per heavy atom. The van der Waals surface area contributed by atoms with Crippen molar-refractivity contribution in [1.82, 2.24) is 14.5 Å². The summed E-state index contributed by atoms with van der Waals surface area (Å²) < 4.78 is 7.25. The van der Waals surface area contributed by atoms with Crippen LogP contribution in [0.2, 0.25) is 0 Å². The van der Waals surface area contributed by atoms with E-state index >= 15 is 0 Å². The molecule has 0 aliphatic rings. The number of nitrogens with zero attached hydrogens (tertiary/aromatic N) is 2. The van der Waals surface area contributed by atoms with E-state index in [0.29, 0.717) is 13.2 Å². The number of ether oxygens (including phenoxy) is 1. The molecule has 126 valence electrons. The van der Waals surface area contributed by atoms with Crippen molar-refractivity contribution in [3.63, 3.8) is 0 Å². The zero-order chi connectivity index (χ0) is 17.4.